The molecule has 4 nitrogen and oxygen atoms in total. The minimum absolute atomic E-state index is 0.00191. The Morgan fingerprint density at radius 2 is 2.00 bits per heavy atom. The fourth-order valence-corrected chi connectivity index (χ4v) is 2.36. The maximum Gasteiger partial charge on any atom is 0.225 e. The zero-order chi connectivity index (χ0) is 15.5. The van der Waals surface area contributed by atoms with Crippen LogP contribution < -0.4 is 11.1 Å². The second kappa shape index (κ2) is 6.22. The first-order valence-electron chi connectivity index (χ1n) is 7.24. The van der Waals surface area contributed by atoms with Crippen molar-refractivity contribution in [3.8, 4) is 0 Å². The third kappa shape index (κ3) is 4.02. The van der Waals surface area contributed by atoms with Crippen LogP contribution in [0, 0.1) is 5.92 Å². The molecule has 0 aliphatic carbocycles. The van der Waals surface area contributed by atoms with Gasteiger partial charge < -0.3 is 11.1 Å². The molecule has 0 radical (unpaired) electrons. The van der Waals surface area contributed by atoms with Crippen LogP contribution in [0.15, 0.2) is 36.7 Å². The van der Waals surface area contributed by atoms with Gasteiger partial charge in [0.05, 0.1) is 5.92 Å². The lowest BCUT2D eigenvalue weighted by molar-refractivity contribution is -0.126. The van der Waals surface area contributed by atoms with Crippen molar-refractivity contribution in [2.75, 3.05) is 6.54 Å². The first kappa shape index (κ1) is 15.4. The van der Waals surface area contributed by atoms with Crippen LogP contribution in [-0.2, 0) is 11.2 Å². The van der Waals surface area contributed by atoms with E-state index >= 15 is 0 Å². The summed E-state index contributed by atoms with van der Waals surface area (Å²) in [4.78, 5) is 16.6. The second-order valence-electron chi connectivity index (χ2n) is 6.40. The number of pyridine rings is 1. The van der Waals surface area contributed by atoms with Crippen LogP contribution in [0.4, 0.5) is 0 Å². The highest BCUT2D eigenvalue weighted by atomic mass is 16.2. The van der Waals surface area contributed by atoms with Gasteiger partial charge in [-0.1, -0.05) is 24.3 Å². The Morgan fingerprint density at radius 3 is 2.67 bits per heavy atom. The summed E-state index contributed by atoms with van der Waals surface area (Å²) in [5.74, 6) is -0.241. The number of hydrogen-bond acceptors (Lipinski definition) is 3. The van der Waals surface area contributed by atoms with Crippen LogP contribution in [-0.4, -0.2) is 23.0 Å². The summed E-state index contributed by atoms with van der Waals surface area (Å²) in [6, 6.07) is 8.07. The summed E-state index contributed by atoms with van der Waals surface area (Å²) >= 11 is 0. The van der Waals surface area contributed by atoms with E-state index in [-0.39, 0.29) is 17.4 Å². The highest BCUT2D eigenvalue weighted by Crippen LogP contribution is 2.20. The Balaban J connectivity index is 2.23. The summed E-state index contributed by atoms with van der Waals surface area (Å²) in [5, 5.41) is 5.22. The van der Waals surface area contributed by atoms with E-state index in [0.717, 1.165) is 16.3 Å². The van der Waals surface area contributed by atoms with E-state index in [9.17, 15) is 4.79 Å². The van der Waals surface area contributed by atoms with Gasteiger partial charge in [0.2, 0.25) is 5.91 Å². The molecule has 0 fully saturated rings. The lowest BCUT2D eigenvalue weighted by Crippen LogP contribution is -2.46. The standard InChI is InChI=1S/C17H23N3O/c1-17(2,3)20-16(21)13(9-18)8-14-11-19-10-12-6-4-5-7-15(12)14/h4-7,10-11,13H,8-9,18H2,1-3H3,(H,20,21). The Labute approximate surface area is 125 Å². The number of benzene rings is 1. The molecule has 1 heterocycles. The molecule has 0 saturated heterocycles. The molecule has 0 bridgehead atoms. The van der Waals surface area contributed by atoms with Crippen molar-refractivity contribution in [3.63, 3.8) is 0 Å². The Hall–Kier alpha value is -1.94. The lowest BCUT2D eigenvalue weighted by Gasteiger charge is -2.24. The molecule has 21 heavy (non-hydrogen) atoms. The molecule has 0 aliphatic rings. The van der Waals surface area contributed by atoms with E-state index < -0.39 is 0 Å². The Bertz CT molecular complexity index is 626. The number of carbonyl (C=O) groups excluding carboxylic acids is 1. The molecule has 0 spiro atoms. The number of rotatable bonds is 4. The number of aromatic nitrogens is 1. The van der Waals surface area contributed by atoms with Gasteiger partial charge >= 0.3 is 0 Å². The summed E-state index contributed by atoms with van der Waals surface area (Å²) < 4.78 is 0. The maximum absolute atomic E-state index is 12.3. The molecule has 2 aromatic rings. The predicted octanol–water partition coefficient (Wildman–Crippen LogP) is 2.27. The summed E-state index contributed by atoms with van der Waals surface area (Å²) in [7, 11) is 0. The van der Waals surface area contributed by atoms with Crippen molar-refractivity contribution in [1.29, 1.82) is 0 Å². The summed E-state index contributed by atoms with van der Waals surface area (Å²) in [6.07, 6.45) is 4.27. The van der Waals surface area contributed by atoms with Crippen molar-refractivity contribution >= 4 is 16.7 Å². The van der Waals surface area contributed by atoms with E-state index in [1.54, 1.807) is 0 Å². The third-order valence-corrected chi connectivity index (χ3v) is 3.37. The van der Waals surface area contributed by atoms with Crippen molar-refractivity contribution < 1.29 is 4.79 Å². The van der Waals surface area contributed by atoms with Crippen molar-refractivity contribution in [2.24, 2.45) is 11.7 Å². The molecule has 3 N–H and O–H groups in total. The highest BCUT2D eigenvalue weighted by Gasteiger charge is 2.22. The molecule has 1 aromatic heterocycles. The van der Waals surface area contributed by atoms with Gasteiger partial charge in [-0.25, -0.2) is 0 Å². The molecule has 0 aliphatic heterocycles. The van der Waals surface area contributed by atoms with Crippen LogP contribution in [0.3, 0.4) is 0 Å². The SMILES string of the molecule is CC(C)(C)NC(=O)C(CN)Cc1cncc2ccccc12. The van der Waals surface area contributed by atoms with Crippen molar-refractivity contribution in [3.05, 3.63) is 42.2 Å². The molecule has 2 rings (SSSR count). The normalized spacial score (nSPS) is 13.1. The summed E-state index contributed by atoms with van der Waals surface area (Å²) in [5.41, 5.74) is 6.62. The minimum Gasteiger partial charge on any atom is -0.351 e. The van der Waals surface area contributed by atoms with E-state index in [4.69, 9.17) is 5.73 Å². The highest BCUT2D eigenvalue weighted by molar-refractivity contribution is 5.86. The number of nitrogens with one attached hydrogen (secondary N) is 1. The Morgan fingerprint density at radius 1 is 1.29 bits per heavy atom. The molecular weight excluding hydrogens is 262 g/mol. The average molecular weight is 285 g/mol. The minimum atomic E-state index is -0.249. The molecule has 1 unspecified atom stereocenters. The predicted molar refractivity (Wildman–Crippen MR) is 85.9 cm³/mol. The topological polar surface area (TPSA) is 68.0 Å². The van der Waals surface area contributed by atoms with Crippen LogP contribution in [0.25, 0.3) is 10.8 Å². The zero-order valence-corrected chi connectivity index (χ0v) is 12.9. The molecule has 1 aromatic carbocycles. The number of fused-ring (bicyclic) bond motifs is 1. The number of carbonyl (C=O) groups is 1. The third-order valence-electron chi connectivity index (χ3n) is 3.37. The van der Waals surface area contributed by atoms with Crippen LogP contribution >= 0.6 is 0 Å². The van der Waals surface area contributed by atoms with Gasteiger partial charge in [0, 0.05) is 29.9 Å². The quantitative estimate of drug-likeness (QED) is 0.905. The van der Waals surface area contributed by atoms with Gasteiger partial charge in [-0.3, -0.25) is 9.78 Å². The fourth-order valence-electron chi connectivity index (χ4n) is 2.36. The van der Waals surface area contributed by atoms with E-state index in [2.05, 4.69) is 16.4 Å². The molecule has 4 heteroatoms. The smallest absolute Gasteiger partial charge is 0.225 e. The van der Waals surface area contributed by atoms with Gasteiger partial charge in [-0.15, -0.1) is 0 Å². The molecule has 112 valence electrons. The molecule has 1 atom stereocenters. The average Bonchev–Trinajstić information content (AvgIpc) is 2.42. The first-order valence-corrected chi connectivity index (χ1v) is 7.24. The van der Waals surface area contributed by atoms with Gasteiger partial charge in [0.25, 0.3) is 0 Å². The van der Waals surface area contributed by atoms with Gasteiger partial charge in [-0.05, 0) is 38.1 Å². The largest absolute Gasteiger partial charge is 0.351 e. The van der Waals surface area contributed by atoms with Crippen LogP contribution in [0.2, 0.25) is 0 Å². The van der Waals surface area contributed by atoms with Gasteiger partial charge in [0.15, 0.2) is 0 Å². The van der Waals surface area contributed by atoms with Gasteiger partial charge in [-0.2, -0.15) is 0 Å². The number of nitrogens with zero attached hydrogens (tertiary/aromatic N) is 1. The number of hydrogen-bond donors (Lipinski definition) is 2. The maximum atomic E-state index is 12.3. The molecular formula is C17H23N3O. The number of nitrogens with two attached hydrogens (primary N) is 1. The first-order chi connectivity index (χ1) is 9.90. The molecule has 0 saturated carbocycles. The van der Waals surface area contributed by atoms with Crippen molar-refractivity contribution in [1.82, 2.24) is 10.3 Å². The van der Waals surface area contributed by atoms with E-state index in [0.29, 0.717) is 13.0 Å². The second-order valence-corrected chi connectivity index (χ2v) is 6.40. The van der Waals surface area contributed by atoms with Gasteiger partial charge in [0.1, 0.15) is 0 Å². The summed E-state index contributed by atoms with van der Waals surface area (Å²) in [6.45, 7) is 6.24. The zero-order valence-electron chi connectivity index (χ0n) is 12.9. The monoisotopic (exact) mass is 285 g/mol. The molecule has 1 amide bonds. The number of amides is 1. The van der Waals surface area contributed by atoms with E-state index in [1.807, 2.05) is 51.4 Å². The van der Waals surface area contributed by atoms with Crippen molar-refractivity contribution in [2.45, 2.75) is 32.7 Å². The van der Waals surface area contributed by atoms with Crippen LogP contribution in [0.5, 0.6) is 0 Å². The van der Waals surface area contributed by atoms with E-state index in [1.165, 1.54) is 0 Å². The Kier molecular flexibility index (Phi) is 4.58. The lowest BCUT2D eigenvalue weighted by atomic mass is 9.95. The van der Waals surface area contributed by atoms with Crippen LogP contribution in [0.1, 0.15) is 26.3 Å². The fraction of sp³-hybridized carbons (Fsp3) is 0.412.